The number of likely N-dealkylation sites (tertiary alicyclic amines) is 1. The number of fused-ring (bicyclic) bond motifs is 1. The molecule has 3 heterocycles. The summed E-state index contributed by atoms with van der Waals surface area (Å²) < 4.78 is 1.85. The maximum absolute atomic E-state index is 13.6. The van der Waals surface area contributed by atoms with Gasteiger partial charge in [0, 0.05) is 30.7 Å². The van der Waals surface area contributed by atoms with Crippen LogP contribution in [-0.2, 0) is 6.54 Å². The lowest BCUT2D eigenvalue weighted by atomic mass is 9.95. The van der Waals surface area contributed by atoms with Crippen molar-refractivity contribution in [1.29, 1.82) is 0 Å². The summed E-state index contributed by atoms with van der Waals surface area (Å²) in [5, 5.41) is 5.26. The number of carbonyl (C=O) groups is 1. The molecule has 1 fully saturated rings. The van der Waals surface area contributed by atoms with Gasteiger partial charge in [-0.15, -0.1) is 24.8 Å². The van der Waals surface area contributed by atoms with Crippen LogP contribution in [0.3, 0.4) is 0 Å². The van der Waals surface area contributed by atoms with Gasteiger partial charge in [-0.1, -0.05) is 30.3 Å². The lowest BCUT2D eigenvalue weighted by Crippen LogP contribution is -2.51. The van der Waals surface area contributed by atoms with Gasteiger partial charge in [0.05, 0.1) is 22.8 Å². The van der Waals surface area contributed by atoms with Crippen LogP contribution in [0.25, 0.3) is 22.3 Å². The molecule has 4 rings (SSSR count). The number of nitrogens with zero attached hydrogens (tertiary/aromatic N) is 4. The molecule has 0 saturated carbocycles. The number of nitrogens with two attached hydrogens (primary N) is 1. The first-order chi connectivity index (χ1) is 13.6. The quantitative estimate of drug-likeness (QED) is 0.643. The van der Waals surface area contributed by atoms with Gasteiger partial charge in [0.15, 0.2) is 5.65 Å². The second kappa shape index (κ2) is 10.2. The largest absolute Gasteiger partial charge is 0.334 e. The van der Waals surface area contributed by atoms with E-state index in [2.05, 4.69) is 5.10 Å². The fourth-order valence-corrected chi connectivity index (χ4v) is 4.12. The normalized spacial score (nSPS) is 17.2. The Morgan fingerprint density at radius 1 is 1.23 bits per heavy atom. The van der Waals surface area contributed by atoms with Crippen molar-refractivity contribution in [3.63, 3.8) is 0 Å². The molecule has 8 heteroatoms. The number of hydrogen-bond donors (Lipinski definition) is 1. The smallest absolute Gasteiger partial charge is 0.255 e. The van der Waals surface area contributed by atoms with Crippen LogP contribution in [0.4, 0.5) is 0 Å². The number of piperidine rings is 1. The van der Waals surface area contributed by atoms with Crippen LogP contribution in [-0.4, -0.2) is 44.2 Å². The predicted molar refractivity (Wildman–Crippen MR) is 125 cm³/mol. The second-order valence-corrected chi connectivity index (χ2v) is 7.54. The highest BCUT2D eigenvalue weighted by Gasteiger charge is 2.31. The van der Waals surface area contributed by atoms with Crippen molar-refractivity contribution < 1.29 is 4.79 Å². The molecule has 1 aliphatic rings. The first-order valence-corrected chi connectivity index (χ1v) is 10.1. The van der Waals surface area contributed by atoms with Crippen molar-refractivity contribution in [2.24, 2.45) is 5.73 Å². The Balaban J connectivity index is 0.00000160. The highest BCUT2D eigenvalue weighted by atomic mass is 35.5. The summed E-state index contributed by atoms with van der Waals surface area (Å²) in [6.45, 7) is 5.47. The minimum atomic E-state index is -0.0477. The summed E-state index contributed by atoms with van der Waals surface area (Å²) in [5.74, 6) is 0.0298. The number of pyridine rings is 1. The summed E-state index contributed by atoms with van der Waals surface area (Å²) >= 11 is 0. The summed E-state index contributed by atoms with van der Waals surface area (Å²) in [4.78, 5) is 20.4. The van der Waals surface area contributed by atoms with Crippen molar-refractivity contribution in [2.45, 2.75) is 51.7 Å². The van der Waals surface area contributed by atoms with Crippen LogP contribution in [0.15, 0.2) is 42.6 Å². The van der Waals surface area contributed by atoms with E-state index >= 15 is 0 Å². The van der Waals surface area contributed by atoms with E-state index in [1.54, 1.807) is 6.20 Å². The number of rotatable bonds is 4. The number of aryl methyl sites for hydroxylation is 1. The van der Waals surface area contributed by atoms with E-state index in [0.29, 0.717) is 12.1 Å². The van der Waals surface area contributed by atoms with Crippen molar-refractivity contribution in [3.8, 4) is 11.3 Å². The molecular weight excluding hydrogens is 421 g/mol. The minimum Gasteiger partial charge on any atom is -0.334 e. The number of hydrogen-bond acceptors (Lipinski definition) is 4. The molecule has 1 aromatic carbocycles. The van der Waals surface area contributed by atoms with Gasteiger partial charge in [-0.3, -0.25) is 4.79 Å². The van der Waals surface area contributed by atoms with Crippen molar-refractivity contribution >= 4 is 41.8 Å². The molecule has 1 amide bonds. The van der Waals surface area contributed by atoms with Gasteiger partial charge in [-0.2, -0.15) is 5.10 Å². The Kier molecular flexibility index (Phi) is 8.24. The summed E-state index contributed by atoms with van der Waals surface area (Å²) in [6.07, 6.45) is 4.85. The lowest BCUT2D eigenvalue weighted by Gasteiger charge is -2.38. The van der Waals surface area contributed by atoms with Crippen LogP contribution in [0.1, 0.15) is 43.5 Å². The van der Waals surface area contributed by atoms with E-state index < -0.39 is 0 Å². The number of halogens is 2. The van der Waals surface area contributed by atoms with Gasteiger partial charge in [0.1, 0.15) is 0 Å². The summed E-state index contributed by atoms with van der Waals surface area (Å²) in [6, 6.07) is 11.9. The highest BCUT2D eigenvalue weighted by Crippen LogP contribution is 2.28. The van der Waals surface area contributed by atoms with Crippen LogP contribution in [0, 0.1) is 0 Å². The molecule has 2 N–H and O–H groups in total. The third kappa shape index (κ3) is 4.46. The number of carbonyl (C=O) groups excluding carboxylic acids is 1. The molecule has 0 aliphatic carbocycles. The maximum atomic E-state index is 13.6. The van der Waals surface area contributed by atoms with Gasteiger partial charge >= 0.3 is 0 Å². The monoisotopic (exact) mass is 449 g/mol. The van der Waals surface area contributed by atoms with Crippen molar-refractivity contribution in [2.75, 3.05) is 6.54 Å². The Morgan fingerprint density at radius 3 is 2.63 bits per heavy atom. The molecular formula is C22H29Cl2N5O. The summed E-state index contributed by atoms with van der Waals surface area (Å²) in [7, 11) is 0. The Morgan fingerprint density at radius 2 is 1.97 bits per heavy atom. The Labute approximate surface area is 189 Å². The summed E-state index contributed by atoms with van der Waals surface area (Å²) in [5.41, 5.74) is 9.41. The van der Waals surface area contributed by atoms with Gasteiger partial charge < -0.3 is 10.6 Å². The second-order valence-electron chi connectivity index (χ2n) is 7.54. The van der Waals surface area contributed by atoms with E-state index in [1.807, 2.05) is 59.8 Å². The van der Waals surface area contributed by atoms with Gasteiger partial charge in [0.2, 0.25) is 0 Å². The standard InChI is InChI=1S/C22H27N5O.2ClH/c1-3-27-21-18(14-24-27)17(13-19(25-21)16-9-5-4-6-10-16)22(28)26-12-8-7-11-20(26)15(2)23;;/h4-6,9-10,13-15,20H,3,7-8,11-12,23H2,1-2H3;2*1H. The van der Waals surface area contributed by atoms with Gasteiger partial charge in [0.25, 0.3) is 5.91 Å². The average molecular weight is 450 g/mol. The molecule has 2 atom stereocenters. The van der Waals surface area contributed by atoms with Crippen molar-refractivity contribution in [3.05, 3.63) is 48.2 Å². The Hall–Kier alpha value is -2.15. The van der Waals surface area contributed by atoms with E-state index in [-0.39, 0.29) is 42.8 Å². The molecule has 0 spiro atoms. The van der Waals surface area contributed by atoms with E-state index in [0.717, 1.165) is 48.1 Å². The van der Waals surface area contributed by atoms with Crippen LogP contribution < -0.4 is 5.73 Å². The molecule has 2 unspecified atom stereocenters. The molecule has 3 aromatic rings. The third-order valence-corrected chi connectivity index (χ3v) is 5.63. The van der Waals surface area contributed by atoms with Crippen LogP contribution in [0.2, 0.25) is 0 Å². The maximum Gasteiger partial charge on any atom is 0.255 e. The molecule has 0 bridgehead atoms. The number of benzene rings is 1. The molecule has 162 valence electrons. The van der Waals surface area contributed by atoms with Gasteiger partial charge in [-0.25, -0.2) is 9.67 Å². The lowest BCUT2D eigenvalue weighted by molar-refractivity contribution is 0.0586. The van der Waals surface area contributed by atoms with Gasteiger partial charge in [-0.05, 0) is 39.2 Å². The van der Waals surface area contributed by atoms with Crippen molar-refractivity contribution in [1.82, 2.24) is 19.7 Å². The zero-order valence-electron chi connectivity index (χ0n) is 17.3. The van der Waals surface area contributed by atoms with Crippen LogP contribution in [0.5, 0.6) is 0 Å². The highest BCUT2D eigenvalue weighted by molar-refractivity contribution is 6.06. The molecule has 1 aliphatic heterocycles. The topological polar surface area (TPSA) is 77.0 Å². The fraction of sp³-hybridized carbons (Fsp3) is 0.409. The van der Waals surface area contributed by atoms with E-state index in [4.69, 9.17) is 10.7 Å². The molecule has 1 saturated heterocycles. The first kappa shape index (κ1) is 24.1. The predicted octanol–water partition coefficient (Wildman–Crippen LogP) is 4.30. The van der Waals surface area contributed by atoms with Crippen LogP contribution >= 0.6 is 24.8 Å². The first-order valence-electron chi connectivity index (χ1n) is 10.1. The fourth-order valence-electron chi connectivity index (χ4n) is 4.12. The minimum absolute atomic E-state index is 0. The third-order valence-electron chi connectivity index (χ3n) is 5.63. The molecule has 2 aromatic heterocycles. The zero-order valence-corrected chi connectivity index (χ0v) is 19.0. The SMILES string of the molecule is CCn1ncc2c(C(=O)N3CCCCC3C(C)N)cc(-c3ccccc3)nc21.Cl.Cl. The average Bonchev–Trinajstić information content (AvgIpc) is 3.16. The Bertz CT molecular complexity index is 990. The molecule has 6 nitrogen and oxygen atoms in total. The molecule has 30 heavy (non-hydrogen) atoms. The molecule has 0 radical (unpaired) electrons. The number of amides is 1. The number of aromatic nitrogens is 3. The van der Waals surface area contributed by atoms with E-state index in [9.17, 15) is 4.79 Å². The van der Waals surface area contributed by atoms with E-state index in [1.165, 1.54) is 0 Å². The zero-order chi connectivity index (χ0) is 19.7.